The van der Waals surface area contributed by atoms with Crippen molar-refractivity contribution in [2.45, 2.75) is 70.6 Å². The van der Waals surface area contributed by atoms with Crippen LogP contribution in [0.3, 0.4) is 0 Å². The number of rotatable bonds is 2. The molecule has 19 heavy (non-hydrogen) atoms. The van der Waals surface area contributed by atoms with Gasteiger partial charge in [-0.3, -0.25) is 4.79 Å². The van der Waals surface area contributed by atoms with E-state index in [2.05, 4.69) is 0 Å². The fourth-order valence-electron chi connectivity index (χ4n) is 6.51. The van der Waals surface area contributed by atoms with Gasteiger partial charge in [0, 0.05) is 5.92 Å². The summed E-state index contributed by atoms with van der Waals surface area (Å²) in [5.41, 5.74) is 6.79. The molecular weight excluding hydrogens is 234 g/mol. The van der Waals surface area contributed by atoms with Crippen LogP contribution >= 0.6 is 0 Å². The molecule has 0 aromatic rings. The first-order valence-electron chi connectivity index (χ1n) is 8.44. The number of primary amides is 1. The maximum atomic E-state index is 11.8. The van der Waals surface area contributed by atoms with Crippen molar-refractivity contribution in [3.63, 3.8) is 0 Å². The number of carbonyl (C=O) groups is 1. The molecule has 6 aliphatic carbocycles. The summed E-state index contributed by atoms with van der Waals surface area (Å²) in [6, 6.07) is 0. The third-order valence-corrected chi connectivity index (χ3v) is 7.75. The summed E-state index contributed by atoms with van der Waals surface area (Å²) in [5, 5.41) is 0. The number of amides is 1. The summed E-state index contributed by atoms with van der Waals surface area (Å²) in [7, 11) is 0. The zero-order valence-corrected chi connectivity index (χ0v) is 12.0. The van der Waals surface area contributed by atoms with Gasteiger partial charge >= 0.3 is 0 Å². The van der Waals surface area contributed by atoms with Crippen molar-refractivity contribution in [1.29, 1.82) is 0 Å². The molecule has 6 saturated carbocycles. The number of hydrogen-bond acceptors (Lipinski definition) is 1. The van der Waals surface area contributed by atoms with Gasteiger partial charge in [-0.15, -0.1) is 0 Å². The fraction of sp³-hybridized carbons (Fsp3) is 0.941. The first kappa shape index (κ1) is 12.2. The van der Waals surface area contributed by atoms with Gasteiger partial charge in [0.25, 0.3) is 0 Å². The zero-order valence-electron chi connectivity index (χ0n) is 12.0. The summed E-state index contributed by atoms with van der Waals surface area (Å²) in [6.45, 7) is 0. The SMILES string of the molecule is NC(=O)C1CC2(C34CCC(CC3)CC4)CCC1CC2. The molecule has 2 nitrogen and oxygen atoms in total. The first-order valence-corrected chi connectivity index (χ1v) is 8.44. The largest absolute Gasteiger partial charge is 0.369 e. The lowest BCUT2D eigenvalue weighted by Gasteiger charge is -2.64. The molecule has 0 heterocycles. The Morgan fingerprint density at radius 3 is 1.89 bits per heavy atom. The van der Waals surface area contributed by atoms with E-state index >= 15 is 0 Å². The third kappa shape index (κ3) is 1.58. The van der Waals surface area contributed by atoms with Gasteiger partial charge in [-0.25, -0.2) is 0 Å². The van der Waals surface area contributed by atoms with Gasteiger partial charge in [0.1, 0.15) is 0 Å². The molecule has 6 fully saturated rings. The van der Waals surface area contributed by atoms with Gasteiger partial charge < -0.3 is 5.73 Å². The van der Waals surface area contributed by atoms with Crippen LogP contribution in [-0.4, -0.2) is 5.91 Å². The average Bonchev–Trinajstić information content (AvgIpc) is 2.50. The Bertz CT molecular complexity index is 372. The van der Waals surface area contributed by atoms with Gasteiger partial charge in [-0.2, -0.15) is 0 Å². The van der Waals surface area contributed by atoms with Gasteiger partial charge in [0.15, 0.2) is 0 Å². The molecule has 1 unspecified atom stereocenters. The lowest BCUT2D eigenvalue weighted by atomic mass is 9.41. The van der Waals surface area contributed by atoms with E-state index in [9.17, 15) is 4.79 Å². The molecule has 106 valence electrons. The summed E-state index contributed by atoms with van der Waals surface area (Å²) in [6.07, 6.45) is 15.2. The number of nitrogens with two attached hydrogens (primary N) is 1. The molecule has 1 atom stereocenters. The van der Waals surface area contributed by atoms with E-state index in [0.29, 0.717) is 16.7 Å². The second-order valence-electron chi connectivity index (χ2n) is 8.09. The van der Waals surface area contributed by atoms with Crippen LogP contribution < -0.4 is 5.73 Å². The van der Waals surface area contributed by atoms with Crippen molar-refractivity contribution < 1.29 is 4.79 Å². The van der Waals surface area contributed by atoms with E-state index < -0.39 is 0 Å². The normalized spacial score (nSPS) is 52.3. The van der Waals surface area contributed by atoms with Crippen molar-refractivity contribution in [2.75, 3.05) is 0 Å². The minimum atomic E-state index is -0.00493. The van der Waals surface area contributed by atoms with Crippen LogP contribution in [0.5, 0.6) is 0 Å². The van der Waals surface area contributed by atoms with Crippen LogP contribution in [0, 0.1) is 28.6 Å². The quantitative estimate of drug-likeness (QED) is 0.810. The molecule has 6 rings (SSSR count). The molecule has 0 aromatic heterocycles. The lowest BCUT2D eigenvalue weighted by Crippen LogP contribution is -2.55. The summed E-state index contributed by atoms with van der Waals surface area (Å²) >= 11 is 0. The fourth-order valence-corrected chi connectivity index (χ4v) is 6.51. The molecule has 0 saturated heterocycles. The Morgan fingerprint density at radius 2 is 1.37 bits per heavy atom. The van der Waals surface area contributed by atoms with E-state index in [1.165, 1.54) is 64.2 Å². The second kappa shape index (κ2) is 3.99. The number of fused-ring (bicyclic) bond motifs is 6. The Balaban J connectivity index is 1.66. The Morgan fingerprint density at radius 1 is 0.842 bits per heavy atom. The molecule has 0 spiro atoms. The van der Waals surface area contributed by atoms with E-state index in [0.717, 1.165) is 12.3 Å². The highest BCUT2D eigenvalue weighted by atomic mass is 16.1. The Labute approximate surface area is 116 Å². The van der Waals surface area contributed by atoms with E-state index in [1.807, 2.05) is 0 Å². The average molecular weight is 261 g/mol. The van der Waals surface area contributed by atoms with Crippen LogP contribution in [0.1, 0.15) is 70.6 Å². The van der Waals surface area contributed by atoms with E-state index in [1.54, 1.807) is 0 Å². The van der Waals surface area contributed by atoms with Crippen molar-refractivity contribution in [1.82, 2.24) is 0 Å². The highest BCUT2D eigenvalue weighted by molar-refractivity contribution is 5.77. The minimum Gasteiger partial charge on any atom is -0.369 e. The van der Waals surface area contributed by atoms with Gasteiger partial charge in [-0.1, -0.05) is 0 Å². The van der Waals surface area contributed by atoms with Gasteiger partial charge in [-0.05, 0) is 93.3 Å². The van der Waals surface area contributed by atoms with Crippen molar-refractivity contribution in [3.8, 4) is 0 Å². The Hall–Kier alpha value is -0.530. The topological polar surface area (TPSA) is 43.1 Å². The molecule has 4 bridgehead atoms. The molecule has 0 radical (unpaired) electrons. The monoisotopic (exact) mass is 261 g/mol. The molecule has 0 aromatic carbocycles. The lowest BCUT2D eigenvalue weighted by molar-refractivity contribution is -0.152. The highest BCUT2D eigenvalue weighted by Crippen LogP contribution is 2.68. The molecule has 6 aliphatic rings. The third-order valence-electron chi connectivity index (χ3n) is 7.75. The van der Waals surface area contributed by atoms with Crippen LogP contribution in [-0.2, 0) is 4.79 Å². The Kier molecular flexibility index (Phi) is 2.57. The van der Waals surface area contributed by atoms with Crippen LogP contribution in [0.2, 0.25) is 0 Å². The summed E-state index contributed by atoms with van der Waals surface area (Å²) in [4.78, 5) is 11.8. The van der Waals surface area contributed by atoms with E-state index in [4.69, 9.17) is 5.73 Å². The highest BCUT2D eigenvalue weighted by Gasteiger charge is 2.59. The van der Waals surface area contributed by atoms with Gasteiger partial charge in [0.2, 0.25) is 5.91 Å². The predicted octanol–water partition coefficient (Wildman–Crippen LogP) is 3.64. The number of hydrogen-bond donors (Lipinski definition) is 1. The van der Waals surface area contributed by atoms with Crippen LogP contribution in [0.15, 0.2) is 0 Å². The van der Waals surface area contributed by atoms with Gasteiger partial charge in [0.05, 0.1) is 0 Å². The number of carbonyl (C=O) groups excluding carboxylic acids is 1. The smallest absolute Gasteiger partial charge is 0.220 e. The van der Waals surface area contributed by atoms with E-state index in [-0.39, 0.29) is 11.8 Å². The molecule has 2 N–H and O–H groups in total. The molecule has 0 aliphatic heterocycles. The minimum absolute atomic E-state index is 0.00493. The summed E-state index contributed by atoms with van der Waals surface area (Å²) < 4.78 is 0. The maximum absolute atomic E-state index is 11.8. The van der Waals surface area contributed by atoms with Crippen molar-refractivity contribution in [3.05, 3.63) is 0 Å². The second-order valence-corrected chi connectivity index (χ2v) is 8.09. The molecular formula is C17H27NO. The van der Waals surface area contributed by atoms with Crippen LogP contribution in [0.25, 0.3) is 0 Å². The summed E-state index contributed by atoms with van der Waals surface area (Å²) in [5.74, 6) is 1.85. The van der Waals surface area contributed by atoms with Crippen molar-refractivity contribution >= 4 is 5.91 Å². The van der Waals surface area contributed by atoms with Crippen molar-refractivity contribution in [2.24, 2.45) is 34.3 Å². The first-order chi connectivity index (χ1) is 9.14. The maximum Gasteiger partial charge on any atom is 0.220 e. The molecule has 1 amide bonds. The molecule has 2 heteroatoms. The van der Waals surface area contributed by atoms with Crippen LogP contribution in [0.4, 0.5) is 0 Å². The predicted molar refractivity (Wildman–Crippen MR) is 75.3 cm³/mol. The zero-order chi connectivity index (χ0) is 13.1. The standard InChI is InChI=1S/C17H27NO/c18-15(19)14-11-17(9-4-13(14)5-10-17)16-6-1-12(2-7-16)3-8-16/h12-14H,1-11H2,(H2,18,19).